The van der Waals surface area contributed by atoms with Gasteiger partial charge in [0.1, 0.15) is 17.8 Å². The van der Waals surface area contributed by atoms with Crippen molar-refractivity contribution in [3.8, 4) is 0 Å². The van der Waals surface area contributed by atoms with Crippen LogP contribution >= 0.6 is 0 Å². The molecule has 1 fully saturated rings. The van der Waals surface area contributed by atoms with Crippen LogP contribution in [0.25, 0.3) is 0 Å². The summed E-state index contributed by atoms with van der Waals surface area (Å²) in [5, 5.41) is 2.42. The number of methoxy groups -OCH3 is 1. The Hall–Kier alpha value is -2.93. The first-order valence-electron chi connectivity index (χ1n) is 8.70. The monoisotopic (exact) mass is 445 g/mol. The molecule has 0 spiro atoms. The van der Waals surface area contributed by atoms with Gasteiger partial charge in [0.05, 0.1) is 12.0 Å². The quantitative estimate of drug-likeness (QED) is 0.769. The molecule has 0 saturated carbocycles. The third kappa shape index (κ3) is 4.79. The highest BCUT2D eigenvalue weighted by Gasteiger charge is 2.34. The largest absolute Gasteiger partial charge is 0.453 e. The smallest absolute Gasteiger partial charge is 0.433 e. The highest BCUT2D eigenvalue weighted by atomic mass is 32.2. The lowest BCUT2D eigenvalue weighted by Gasteiger charge is -2.34. The normalized spacial score (nSPS) is 15.7. The Labute approximate surface area is 170 Å². The maximum absolute atomic E-state index is 12.8. The SMILES string of the molecule is COC(=O)Nc1ccc(S(=O)(=O)N2CCN(c3cc(C(F)(F)F)ncn3)CC2)cc1. The maximum Gasteiger partial charge on any atom is 0.433 e. The molecule has 13 heteroatoms. The standard InChI is InChI=1S/C17H18F3N5O4S/c1-29-16(26)23-12-2-4-13(5-3-12)30(27,28)25-8-6-24(7-9-25)15-10-14(17(18,19)20)21-11-22-15/h2-5,10-11H,6-9H2,1H3,(H,23,26). The van der Waals surface area contributed by atoms with Crippen molar-refractivity contribution >= 4 is 27.6 Å². The van der Waals surface area contributed by atoms with Gasteiger partial charge in [0, 0.05) is 37.9 Å². The number of nitrogens with one attached hydrogen (secondary N) is 1. The van der Waals surface area contributed by atoms with Gasteiger partial charge in [-0.05, 0) is 24.3 Å². The first kappa shape index (κ1) is 21.8. The fraction of sp³-hybridized carbons (Fsp3) is 0.353. The Morgan fingerprint density at radius 3 is 2.30 bits per heavy atom. The summed E-state index contributed by atoms with van der Waals surface area (Å²) in [6.45, 7) is 0.511. The van der Waals surface area contributed by atoms with Crippen LogP contribution in [0.1, 0.15) is 5.69 Å². The number of carbonyl (C=O) groups is 1. The molecule has 1 aliphatic heterocycles. The zero-order chi connectivity index (χ0) is 21.9. The predicted octanol–water partition coefficient (Wildman–Crippen LogP) is 2.18. The molecular weight excluding hydrogens is 427 g/mol. The van der Waals surface area contributed by atoms with Gasteiger partial charge in [0.2, 0.25) is 10.0 Å². The number of hydrogen-bond acceptors (Lipinski definition) is 7. The molecule has 1 aromatic heterocycles. The minimum absolute atomic E-state index is 0.0350. The van der Waals surface area contributed by atoms with E-state index in [1.54, 1.807) is 4.90 Å². The number of aromatic nitrogens is 2. The molecule has 1 aliphatic rings. The van der Waals surface area contributed by atoms with Crippen molar-refractivity contribution in [3.63, 3.8) is 0 Å². The number of carbonyl (C=O) groups excluding carboxylic acids is 1. The van der Waals surface area contributed by atoms with Crippen molar-refractivity contribution in [1.29, 1.82) is 0 Å². The van der Waals surface area contributed by atoms with E-state index >= 15 is 0 Å². The first-order chi connectivity index (χ1) is 14.1. The number of amides is 1. The van der Waals surface area contributed by atoms with Gasteiger partial charge in [-0.3, -0.25) is 5.32 Å². The average molecular weight is 445 g/mol. The van der Waals surface area contributed by atoms with E-state index in [0.29, 0.717) is 5.69 Å². The Morgan fingerprint density at radius 1 is 1.10 bits per heavy atom. The summed E-state index contributed by atoms with van der Waals surface area (Å²) in [6.07, 6.45) is -4.43. The number of hydrogen-bond donors (Lipinski definition) is 1. The summed E-state index contributed by atoms with van der Waals surface area (Å²) in [7, 11) is -2.59. The Balaban J connectivity index is 1.67. The van der Waals surface area contributed by atoms with Gasteiger partial charge in [-0.2, -0.15) is 17.5 Å². The zero-order valence-corrected chi connectivity index (χ0v) is 16.6. The summed E-state index contributed by atoms with van der Waals surface area (Å²) in [6, 6.07) is 6.41. The van der Waals surface area contributed by atoms with Gasteiger partial charge in [-0.25, -0.2) is 23.2 Å². The number of nitrogens with zero attached hydrogens (tertiary/aromatic N) is 4. The van der Waals surface area contributed by atoms with E-state index in [1.165, 1.54) is 35.7 Å². The van der Waals surface area contributed by atoms with E-state index < -0.39 is 28.0 Å². The number of alkyl halides is 3. The van der Waals surface area contributed by atoms with Crippen molar-refractivity contribution in [2.24, 2.45) is 0 Å². The number of halogens is 3. The number of ether oxygens (including phenoxy) is 1. The van der Waals surface area contributed by atoms with Crippen LogP contribution in [-0.2, 0) is 20.9 Å². The molecule has 1 N–H and O–H groups in total. The number of anilines is 2. The van der Waals surface area contributed by atoms with E-state index in [-0.39, 0.29) is 36.9 Å². The molecule has 0 aliphatic carbocycles. The van der Waals surface area contributed by atoms with Crippen LogP contribution in [0.4, 0.5) is 29.5 Å². The first-order valence-corrected chi connectivity index (χ1v) is 10.1. The highest BCUT2D eigenvalue weighted by Crippen LogP contribution is 2.29. The lowest BCUT2D eigenvalue weighted by molar-refractivity contribution is -0.141. The molecule has 0 atom stereocenters. The predicted molar refractivity (Wildman–Crippen MR) is 100 cm³/mol. The van der Waals surface area contributed by atoms with Crippen LogP contribution in [-0.4, -0.2) is 62.1 Å². The van der Waals surface area contributed by atoms with Gasteiger partial charge >= 0.3 is 12.3 Å². The van der Waals surface area contributed by atoms with Crippen LogP contribution in [0, 0.1) is 0 Å². The number of piperazine rings is 1. The third-order valence-electron chi connectivity index (χ3n) is 4.43. The van der Waals surface area contributed by atoms with Crippen LogP contribution in [0.3, 0.4) is 0 Å². The summed E-state index contributed by atoms with van der Waals surface area (Å²) in [5.41, 5.74) is -0.682. The minimum atomic E-state index is -4.59. The van der Waals surface area contributed by atoms with Gasteiger partial charge in [0.15, 0.2) is 0 Å². The molecule has 2 aromatic rings. The van der Waals surface area contributed by atoms with Crippen molar-refractivity contribution < 1.29 is 31.1 Å². The molecule has 0 radical (unpaired) electrons. The maximum atomic E-state index is 12.8. The Kier molecular flexibility index (Phi) is 6.12. The number of rotatable bonds is 4. The second-order valence-electron chi connectivity index (χ2n) is 6.29. The van der Waals surface area contributed by atoms with Crippen molar-refractivity contribution in [1.82, 2.24) is 14.3 Å². The molecule has 1 aromatic carbocycles. The van der Waals surface area contributed by atoms with E-state index in [0.717, 1.165) is 12.4 Å². The van der Waals surface area contributed by atoms with Gasteiger partial charge < -0.3 is 9.64 Å². The second-order valence-corrected chi connectivity index (χ2v) is 8.23. The third-order valence-corrected chi connectivity index (χ3v) is 6.34. The van der Waals surface area contributed by atoms with Crippen molar-refractivity contribution in [2.75, 3.05) is 43.5 Å². The summed E-state index contributed by atoms with van der Waals surface area (Å²) >= 11 is 0. The van der Waals surface area contributed by atoms with E-state index in [1.807, 2.05) is 0 Å². The highest BCUT2D eigenvalue weighted by molar-refractivity contribution is 7.89. The molecule has 1 saturated heterocycles. The molecule has 162 valence electrons. The van der Waals surface area contributed by atoms with Gasteiger partial charge in [0.25, 0.3) is 0 Å². The lowest BCUT2D eigenvalue weighted by Crippen LogP contribution is -2.49. The van der Waals surface area contributed by atoms with Crippen molar-refractivity contribution in [3.05, 3.63) is 42.4 Å². The van der Waals surface area contributed by atoms with Gasteiger partial charge in [-0.1, -0.05) is 0 Å². The molecule has 3 rings (SSSR count). The molecule has 2 heterocycles. The summed E-state index contributed by atoms with van der Waals surface area (Å²) < 4.78 is 69.9. The fourth-order valence-electron chi connectivity index (χ4n) is 2.86. The molecular formula is C17H18F3N5O4S. The fourth-order valence-corrected chi connectivity index (χ4v) is 4.28. The summed E-state index contributed by atoms with van der Waals surface area (Å²) in [4.78, 5) is 19.9. The van der Waals surface area contributed by atoms with Gasteiger partial charge in [-0.15, -0.1) is 0 Å². The Morgan fingerprint density at radius 2 is 1.73 bits per heavy atom. The zero-order valence-electron chi connectivity index (χ0n) is 15.8. The molecule has 1 amide bonds. The van der Waals surface area contributed by atoms with E-state index in [9.17, 15) is 26.4 Å². The number of sulfonamides is 1. The van der Waals surface area contributed by atoms with E-state index in [2.05, 4.69) is 20.0 Å². The number of benzene rings is 1. The van der Waals surface area contributed by atoms with E-state index in [4.69, 9.17) is 0 Å². The van der Waals surface area contributed by atoms with Crippen molar-refractivity contribution in [2.45, 2.75) is 11.1 Å². The topological polar surface area (TPSA) is 105 Å². The molecule has 0 bridgehead atoms. The molecule has 0 unspecified atom stereocenters. The summed E-state index contributed by atoms with van der Waals surface area (Å²) in [5.74, 6) is 0.0904. The molecule has 9 nitrogen and oxygen atoms in total. The van der Waals surface area contributed by atoms with Crippen LogP contribution in [0.5, 0.6) is 0 Å². The van der Waals surface area contributed by atoms with Crippen LogP contribution in [0.15, 0.2) is 41.6 Å². The molecule has 30 heavy (non-hydrogen) atoms. The van der Waals surface area contributed by atoms with Crippen LogP contribution < -0.4 is 10.2 Å². The van der Waals surface area contributed by atoms with Crippen LogP contribution in [0.2, 0.25) is 0 Å². The average Bonchev–Trinajstić information content (AvgIpc) is 2.73. The minimum Gasteiger partial charge on any atom is -0.453 e. The second kappa shape index (κ2) is 8.44. The Bertz CT molecular complexity index is 1010. The lowest BCUT2D eigenvalue weighted by atomic mass is 10.3.